The number of nitrogens with two attached hydrogens (primary N) is 1. The van der Waals surface area contributed by atoms with Crippen molar-refractivity contribution in [2.75, 3.05) is 19.6 Å². The molecule has 1 fully saturated rings. The van der Waals surface area contributed by atoms with Gasteiger partial charge in [-0.1, -0.05) is 0 Å². The van der Waals surface area contributed by atoms with Gasteiger partial charge in [0.2, 0.25) is 0 Å². The fraction of sp³-hybridized carbons (Fsp3) is 1.00. The second-order valence-corrected chi connectivity index (χ2v) is 4.71. The number of nitrogens with zero attached hydrogens (tertiary/aromatic N) is 1. The first-order chi connectivity index (χ1) is 6.63. The average Bonchev–Trinajstić information content (AvgIpc) is 2.94. The third kappa shape index (κ3) is 4.40. The van der Waals surface area contributed by atoms with E-state index in [1.165, 1.54) is 19.4 Å². The first-order valence-corrected chi connectivity index (χ1v) is 5.75. The second kappa shape index (κ2) is 5.69. The van der Waals surface area contributed by atoms with E-state index in [2.05, 4.69) is 18.7 Å². The van der Waals surface area contributed by atoms with Gasteiger partial charge in [0.1, 0.15) is 0 Å². The fourth-order valence-corrected chi connectivity index (χ4v) is 1.63. The molecule has 3 heteroatoms. The molecule has 1 rings (SSSR count). The van der Waals surface area contributed by atoms with Crippen LogP contribution in [0.5, 0.6) is 0 Å². The molecule has 1 unspecified atom stereocenters. The van der Waals surface area contributed by atoms with Crippen LogP contribution in [0.2, 0.25) is 0 Å². The maximum Gasteiger partial charge on any atom is 0.0674 e. The van der Waals surface area contributed by atoms with Crippen molar-refractivity contribution in [3.8, 4) is 0 Å². The minimum absolute atomic E-state index is 0.324. The van der Waals surface area contributed by atoms with Crippen LogP contribution >= 0.6 is 0 Å². The van der Waals surface area contributed by atoms with Crippen molar-refractivity contribution in [2.45, 2.75) is 45.3 Å². The monoisotopic (exact) mass is 200 g/mol. The third-order valence-corrected chi connectivity index (χ3v) is 2.94. The molecule has 0 heterocycles. The summed E-state index contributed by atoms with van der Waals surface area (Å²) in [6, 6.07) is 0.584. The lowest BCUT2D eigenvalue weighted by molar-refractivity contribution is 0.132. The topological polar surface area (TPSA) is 49.5 Å². The standard InChI is InChI=1S/C11H24N2O/c1-9(2)13(8-10-3-4-10)6-5-11(14)7-12/h9-11,14H,3-8,12H2,1-2H3. The number of rotatable bonds is 7. The molecule has 1 aliphatic carbocycles. The molecule has 0 radical (unpaired) electrons. The molecule has 0 aromatic carbocycles. The summed E-state index contributed by atoms with van der Waals surface area (Å²) in [6.07, 6.45) is 3.27. The lowest BCUT2D eigenvalue weighted by Gasteiger charge is -2.27. The average molecular weight is 200 g/mol. The molecule has 1 aliphatic rings. The van der Waals surface area contributed by atoms with Gasteiger partial charge in [0.05, 0.1) is 6.10 Å². The molecule has 0 amide bonds. The van der Waals surface area contributed by atoms with Gasteiger partial charge in [-0.2, -0.15) is 0 Å². The van der Waals surface area contributed by atoms with Gasteiger partial charge in [-0.25, -0.2) is 0 Å². The predicted octanol–water partition coefficient (Wildman–Crippen LogP) is 0.816. The Kier molecular flexibility index (Phi) is 4.85. The van der Waals surface area contributed by atoms with Gasteiger partial charge in [0.15, 0.2) is 0 Å². The van der Waals surface area contributed by atoms with Crippen molar-refractivity contribution >= 4 is 0 Å². The van der Waals surface area contributed by atoms with Crippen molar-refractivity contribution < 1.29 is 5.11 Å². The van der Waals surface area contributed by atoms with Crippen LogP contribution in [-0.4, -0.2) is 41.8 Å². The molecule has 3 nitrogen and oxygen atoms in total. The smallest absolute Gasteiger partial charge is 0.0674 e. The van der Waals surface area contributed by atoms with Crippen LogP contribution in [0.15, 0.2) is 0 Å². The van der Waals surface area contributed by atoms with Crippen LogP contribution in [0.4, 0.5) is 0 Å². The van der Waals surface area contributed by atoms with E-state index in [4.69, 9.17) is 5.73 Å². The van der Waals surface area contributed by atoms with Crippen LogP contribution in [0, 0.1) is 5.92 Å². The Bertz CT molecular complexity index is 157. The molecule has 0 saturated heterocycles. The number of aliphatic hydroxyl groups excluding tert-OH is 1. The van der Waals surface area contributed by atoms with Crippen molar-refractivity contribution in [3.05, 3.63) is 0 Å². The Hall–Kier alpha value is -0.120. The maximum atomic E-state index is 9.39. The Labute approximate surface area is 87.3 Å². The summed E-state index contributed by atoms with van der Waals surface area (Å²) in [4.78, 5) is 2.45. The summed E-state index contributed by atoms with van der Waals surface area (Å²) < 4.78 is 0. The minimum Gasteiger partial charge on any atom is -0.392 e. The number of hydrogen-bond acceptors (Lipinski definition) is 3. The first kappa shape index (κ1) is 12.0. The molecule has 1 atom stereocenters. The summed E-state index contributed by atoms with van der Waals surface area (Å²) >= 11 is 0. The van der Waals surface area contributed by atoms with Crippen molar-refractivity contribution in [1.82, 2.24) is 4.90 Å². The van der Waals surface area contributed by atoms with Crippen LogP contribution in [-0.2, 0) is 0 Å². The second-order valence-electron chi connectivity index (χ2n) is 4.71. The summed E-state index contributed by atoms with van der Waals surface area (Å²) in [7, 11) is 0. The number of hydrogen-bond donors (Lipinski definition) is 2. The summed E-state index contributed by atoms with van der Waals surface area (Å²) in [5.41, 5.74) is 5.38. The lowest BCUT2D eigenvalue weighted by atomic mass is 10.2. The molecule has 84 valence electrons. The quantitative estimate of drug-likeness (QED) is 0.639. The molecule has 3 N–H and O–H groups in total. The van der Waals surface area contributed by atoms with Gasteiger partial charge >= 0.3 is 0 Å². The highest BCUT2D eigenvalue weighted by Crippen LogP contribution is 2.30. The number of aliphatic hydroxyl groups is 1. The Morgan fingerprint density at radius 2 is 2.07 bits per heavy atom. The maximum absolute atomic E-state index is 9.39. The minimum atomic E-state index is -0.324. The highest BCUT2D eigenvalue weighted by Gasteiger charge is 2.25. The molecule has 0 aromatic rings. The van der Waals surface area contributed by atoms with E-state index < -0.39 is 0 Å². The molecule has 0 aromatic heterocycles. The van der Waals surface area contributed by atoms with Crippen molar-refractivity contribution in [1.29, 1.82) is 0 Å². The van der Waals surface area contributed by atoms with Crippen LogP contribution < -0.4 is 5.73 Å². The van der Waals surface area contributed by atoms with Crippen molar-refractivity contribution in [3.63, 3.8) is 0 Å². The van der Waals surface area contributed by atoms with Gasteiger partial charge in [0, 0.05) is 25.7 Å². The van der Waals surface area contributed by atoms with Gasteiger partial charge in [0.25, 0.3) is 0 Å². The third-order valence-electron chi connectivity index (χ3n) is 2.94. The molecule has 14 heavy (non-hydrogen) atoms. The lowest BCUT2D eigenvalue weighted by Crippen LogP contribution is -2.36. The zero-order valence-electron chi connectivity index (χ0n) is 9.45. The molecule has 0 bridgehead atoms. The van der Waals surface area contributed by atoms with Gasteiger partial charge in [-0.05, 0) is 39.0 Å². The molecular formula is C11H24N2O. The highest BCUT2D eigenvalue weighted by molar-refractivity contribution is 4.79. The normalized spacial score (nSPS) is 19.3. The SMILES string of the molecule is CC(C)N(CCC(O)CN)CC1CC1. The predicted molar refractivity (Wildman–Crippen MR) is 59.1 cm³/mol. The van der Waals surface area contributed by atoms with E-state index in [1.54, 1.807) is 0 Å². The van der Waals surface area contributed by atoms with Crippen LogP contribution in [0.1, 0.15) is 33.1 Å². The Balaban J connectivity index is 2.19. The van der Waals surface area contributed by atoms with Gasteiger partial charge < -0.3 is 15.7 Å². The van der Waals surface area contributed by atoms with Gasteiger partial charge in [-0.15, -0.1) is 0 Å². The first-order valence-electron chi connectivity index (χ1n) is 5.75. The Morgan fingerprint density at radius 1 is 1.43 bits per heavy atom. The molecule has 1 saturated carbocycles. The van der Waals surface area contributed by atoms with Crippen molar-refractivity contribution in [2.24, 2.45) is 11.7 Å². The summed E-state index contributed by atoms with van der Waals surface area (Å²) in [5.74, 6) is 0.924. The van der Waals surface area contributed by atoms with E-state index >= 15 is 0 Å². The van der Waals surface area contributed by atoms with E-state index in [9.17, 15) is 5.11 Å². The summed E-state index contributed by atoms with van der Waals surface area (Å²) in [5, 5.41) is 9.39. The van der Waals surface area contributed by atoms with E-state index in [-0.39, 0.29) is 6.10 Å². The van der Waals surface area contributed by atoms with E-state index in [1.807, 2.05) is 0 Å². The summed E-state index contributed by atoms with van der Waals surface area (Å²) in [6.45, 7) is 7.01. The van der Waals surface area contributed by atoms with Crippen LogP contribution in [0.3, 0.4) is 0 Å². The molecular weight excluding hydrogens is 176 g/mol. The van der Waals surface area contributed by atoms with Gasteiger partial charge in [-0.3, -0.25) is 0 Å². The zero-order valence-corrected chi connectivity index (χ0v) is 9.45. The van der Waals surface area contributed by atoms with Crippen LogP contribution in [0.25, 0.3) is 0 Å². The highest BCUT2D eigenvalue weighted by atomic mass is 16.3. The molecule has 0 aliphatic heterocycles. The van der Waals surface area contributed by atoms with E-state index in [0.717, 1.165) is 18.9 Å². The molecule has 0 spiro atoms. The van der Waals surface area contributed by atoms with E-state index in [0.29, 0.717) is 12.6 Å². The fourth-order valence-electron chi connectivity index (χ4n) is 1.63. The zero-order chi connectivity index (χ0) is 10.6. The Morgan fingerprint density at radius 3 is 2.50 bits per heavy atom. The largest absolute Gasteiger partial charge is 0.392 e.